The Bertz CT molecular complexity index is 149. The predicted octanol–water partition coefficient (Wildman–Crippen LogP) is 2.61. The summed E-state index contributed by atoms with van der Waals surface area (Å²) in [7, 11) is 0. The molecule has 70 valence electrons. The lowest BCUT2D eigenvalue weighted by Crippen LogP contribution is -2.33. The van der Waals surface area contributed by atoms with Crippen molar-refractivity contribution < 1.29 is 0 Å². The minimum absolute atomic E-state index is 0.702. The maximum absolute atomic E-state index is 5.43. The highest BCUT2D eigenvalue weighted by atomic mass is 35.5. The van der Waals surface area contributed by atoms with Crippen molar-refractivity contribution in [2.45, 2.75) is 30.6 Å². The Balaban J connectivity index is 2.21. The number of nitrogens with one attached hydrogen (secondary N) is 1. The van der Waals surface area contributed by atoms with Gasteiger partial charge in [-0.2, -0.15) is 11.8 Å². The molecule has 0 radical (unpaired) electrons. The quantitative estimate of drug-likeness (QED) is 0.758. The number of thioether (sulfide) groups is 1. The summed E-state index contributed by atoms with van der Waals surface area (Å²) in [5, 5.41) is 4.31. The molecule has 2 unspecified atom stereocenters. The SMILES string of the molecule is CSC1CCCC1NC/C=C/Cl. The second kappa shape index (κ2) is 5.90. The molecule has 1 fully saturated rings. The highest BCUT2D eigenvalue weighted by Gasteiger charge is 2.25. The number of hydrogen-bond acceptors (Lipinski definition) is 2. The molecule has 0 amide bonds. The maximum atomic E-state index is 5.43. The molecule has 1 nitrogen and oxygen atoms in total. The lowest BCUT2D eigenvalue weighted by Gasteiger charge is -2.17. The summed E-state index contributed by atoms with van der Waals surface area (Å²) in [5.74, 6) is 0. The van der Waals surface area contributed by atoms with Crippen molar-refractivity contribution in [3.8, 4) is 0 Å². The normalized spacial score (nSPS) is 30.2. The first-order chi connectivity index (χ1) is 5.88. The van der Waals surface area contributed by atoms with Crippen LogP contribution in [0.2, 0.25) is 0 Å². The highest BCUT2D eigenvalue weighted by Crippen LogP contribution is 2.28. The molecule has 12 heavy (non-hydrogen) atoms. The number of hydrogen-bond donors (Lipinski definition) is 1. The van der Waals surface area contributed by atoms with E-state index in [0.717, 1.165) is 11.8 Å². The fourth-order valence-corrected chi connectivity index (χ4v) is 2.76. The summed E-state index contributed by atoms with van der Waals surface area (Å²) in [4.78, 5) is 0. The van der Waals surface area contributed by atoms with Gasteiger partial charge in [0, 0.05) is 23.4 Å². The molecular formula is C9H16ClNS. The molecule has 1 N–H and O–H groups in total. The van der Waals surface area contributed by atoms with Crippen molar-refractivity contribution in [3.05, 3.63) is 11.6 Å². The van der Waals surface area contributed by atoms with Gasteiger partial charge in [0.05, 0.1) is 0 Å². The van der Waals surface area contributed by atoms with E-state index >= 15 is 0 Å². The van der Waals surface area contributed by atoms with Crippen LogP contribution < -0.4 is 5.32 Å². The number of halogens is 1. The van der Waals surface area contributed by atoms with Crippen LogP contribution in [0.1, 0.15) is 19.3 Å². The Labute approximate surface area is 83.9 Å². The smallest absolute Gasteiger partial charge is 0.0198 e. The predicted molar refractivity (Wildman–Crippen MR) is 57.9 cm³/mol. The minimum atomic E-state index is 0.702. The molecule has 1 rings (SSSR count). The summed E-state index contributed by atoms with van der Waals surface area (Å²) < 4.78 is 0. The molecule has 0 aliphatic heterocycles. The Morgan fingerprint density at radius 2 is 2.42 bits per heavy atom. The van der Waals surface area contributed by atoms with E-state index in [0.29, 0.717) is 6.04 Å². The van der Waals surface area contributed by atoms with Crippen LogP contribution in [-0.4, -0.2) is 24.1 Å². The van der Waals surface area contributed by atoms with E-state index in [1.54, 1.807) is 5.54 Å². The third-order valence-electron chi connectivity index (χ3n) is 2.34. The molecule has 0 aromatic carbocycles. The third-order valence-corrected chi connectivity index (χ3v) is 3.69. The molecule has 0 saturated heterocycles. The molecule has 0 spiro atoms. The monoisotopic (exact) mass is 205 g/mol. The van der Waals surface area contributed by atoms with E-state index < -0.39 is 0 Å². The summed E-state index contributed by atoms with van der Waals surface area (Å²) >= 11 is 7.41. The first-order valence-corrected chi connectivity index (χ1v) is 6.12. The zero-order valence-electron chi connectivity index (χ0n) is 7.42. The molecule has 1 aliphatic carbocycles. The van der Waals surface area contributed by atoms with Gasteiger partial charge in [-0.3, -0.25) is 0 Å². The average Bonchev–Trinajstić information content (AvgIpc) is 2.52. The number of rotatable bonds is 4. The summed E-state index contributed by atoms with van der Waals surface area (Å²) in [5.41, 5.74) is 1.58. The summed E-state index contributed by atoms with van der Waals surface area (Å²) in [6.45, 7) is 0.908. The van der Waals surface area contributed by atoms with E-state index in [-0.39, 0.29) is 0 Å². The second-order valence-corrected chi connectivity index (χ2v) is 4.41. The van der Waals surface area contributed by atoms with Crippen molar-refractivity contribution in [1.82, 2.24) is 5.32 Å². The summed E-state index contributed by atoms with van der Waals surface area (Å²) in [6, 6.07) is 0.702. The average molecular weight is 206 g/mol. The largest absolute Gasteiger partial charge is 0.309 e. The van der Waals surface area contributed by atoms with E-state index in [4.69, 9.17) is 11.6 Å². The van der Waals surface area contributed by atoms with Gasteiger partial charge in [0.25, 0.3) is 0 Å². The Hall–Kier alpha value is 0.340. The molecule has 0 aromatic heterocycles. The van der Waals surface area contributed by atoms with Crippen LogP contribution >= 0.6 is 23.4 Å². The van der Waals surface area contributed by atoms with Gasteiger partial charge in [0.2, 0.25) is 0 Å². The van der Waals surface area contributed by atoms with Gasteiger partial charge < -0.3 is 5.32 Å². The molecule has 3 heteroatoms. The Morgan fingerprint density at radius 1 is 1.58 bits per heavy atom. The van der Waals surface area contributed by atoms with E-state index in [2.05, 4.69) is 11.6 Å². The fourth-order valence-electron chi connectivity index (χ4n) is 1.71. The fraction of sp³-hybridized carbons (Fsp3) is 0.778. The van der Waals surface area contributed by atoms with Crippen molar-refractivity contribution in [3.63, 3.8) is 0 Å². The van der Waals surface area contributed by atoms with E-state index in [1.807, 2.05) is 17.8 Å². The van der Waals surface area contributed by atoms with Gasteiger partial charge in [0.15, 0.2) is 0 Å². The second-order valence-electron chi connectivity index (χ2n) is 3.08. The summed E-state index contributed by atoms with van der Waals surface area (Å²) in [6.07, 6.45) is 8.21. The van der Waals surface area contributed by atoms with Crippen molar-refractivity contribution >= 4 is 23.4 Å². The van der Waals surface area contributed by atoms with Crippen LogP contribution in [0.25, 0.3) is 0 Å². The Morgan fingerprint density at radius 3 is 3.08 bits per heavy atom. The van der Waals surface area contributed by atoms with Gasteiger partial charge in [-0.15, -0.1) is 0 Å². The van der Waals surface area contributed by atoms with Crippen molar-refractivity contribution in [2.24, 2.45) is 0 Å². The van der Waals surface area contributed by atoms with Crippen LogP contribution in [0.15, 0.2) is 11.6 Å². The molecular weight excluding hydrogens is 190 g/mol. The molecule has 0 bridgehead atoms. The highest BCUT2D eigenvalue weighted by molar-refractivity contribution is 7.99. The van der Waals surface area contributed by atoms with Crippen LogP contribution in [0.4, 0.5) is 0 Å². The first kappa shape index (κ1) is 10.4. The van der Waals surface area contributed by atoms with Gasteiger partial charge >= 0.3 is 0 Å². The van der Waals surface area contributed by atoms with Gasteiger partial charge in [-0.25, -0.2) is 0 Å². The van der Waals surface area contributed by atoms with Crippen LogP contribution in [-0.2, 0) is 0 Å². The molecule has 1 aliphatic rings. The topological polar surface area (TPSA) is 12.0 Å². The lowest BCUT2D eigenvalue weighted by molar-refractivity contribution is 0.566. The molecule has 0 heterocycles. The third kappa shape index (κ3) is 3.00. The van der Waals surface area contributed by atoms with Gasteiger partial charge in [0.1, 0.15) is 0 Å². The lowest BCUT2D eigenvalue weighted by atomic mass is 10.2. The zero-order valence-corrected chi connectivity index (χ0v) is 9.00. The van der Waals surface area contributed by atoms with Crippen LogP contribution in [0, 0.1) is 0 Å². The molecule has 0 aromatic rings. The van der Waals surface area contributed by atoms with Crippen molar-refractivity contribution in [2.75, 3.05) is 12.8 Å². The first-order valence-electron chi connectivity index (χ1n) is 4.40. The molecule has 2 atom stereocenters. The van der Waals surface area contributed by atoms with Crippen LogP contribution in [0.3, 0.4) is 0 Å². The Kier molecular flexibility index (Phi) is 5.12. The van der Waals surface area contributed by atoms with E-state index in [9.17, 15) is 0 Å². The van der Waals surface area contributed by atoms with Gasteiger partial charge in [-0.05, 0) is 19.1 Å². The van der Waals surface area contributed by atoms with Gasteiger partial charge in [-0.1, -0.05) is 24.1 Å². The van der Waals surface area contributed by atoms with Crippen LogP contribution in [0.5, 0.6) is 0 Å². The zero-order chi connectivity index (χ0) is 8.81. The van der Waals surface area contributed by atoms with Crippen molar-refractivity contribution in [1.29, 1.82) is 0 Å². The molecule has 1 saturated carbocycles. The maximum Gasteiger partial charge on any atom is 0.0198 e. The van der Waals surface area contributed by atoms with E-state index in [1.165, 1.54) is 19.3 Å². The minimum Gasteiger partial charge on any atom is -0.309 e. The standard InChI is InChI=1S/C9H16ClNS/c1-12-9-5-2-4-8(9)11-7-3-6-10/h3,6,8-9,11H,2,4-5,7H2,1H3/b6-3+.